The van der Waals surface area contributed by atoms with E-state index in [-0.39, 0.29) is 0 Å². The van der Waals surface area contributed by atoms with Crippen LogP contribution in [0.15, 0.2) is 206 Å². The first-order valence-electron chi connectivity index (χ1n) is 20.2. The van der Waals surface area contributed by atoms with E-state index in [0.29, 0.717) is 17.5 Å². The maximum absolute atomic E-state index is 5.49. The molecule has 4 nitrogen and oxygen atoms in total. The Labute approximate surface area is 350 Å². The third-order valence-electron chi connectivity index (χ3n) is 11.6. The van der Waals surface area contributed by atoms with Crippen LogP contribution in [0.25, 0.3) is 115 Å². The minimum absolute atomic E-state index is 0.621. The van der Waals surface area contributed by atoms with Gasteiger partial charge in [0.05, 0.1) is 22.3 Å². The molecule has 3 aromatic heterocycles. The molecule has 3 heterocycles. The minimum Gasteiger partial charge on any atom is -0.308 e. The van der Waals surface area contributed by atoms with Crippen LogP contribution in [0.3, 0.4) is 0 Å². The molecule has 12 aromatic rings. The molecule has 0 aliphatic rings. The number of para-hydroxylation sites is 1. The van der Waals surface area contributed by atoms with Crippen molar-refractivity contribution in [3.63, 3.8) is 0 Å². The fourth-order valence-electron chi connectivity index (χ4n) is 8.79. The lowest BCUT2D eigenvalue weighted by molar-refractivity contribution is 1.07. The van der Waals surface area contributed by atoms with E-state index in [1.54, 1.807) is 11.3 Å². The van der Waals surface area contributed by atoms with Gasteiger partial charge in [-0.15, -0.1) is 11.3 Å². The predicted molar refractivity (Wildman–Crippen MR) is 252 cm³/mol. The first kappa shape index (κ1) is 34.3. The maximum atomic E-state index is 5.49. The van der Waals surface area contributed by atoms with Gasteiger partial charge in [0.2, 0.25) is 0 Å². The van der Waals surface area contributed by atoms with Gasteiger partial charge >= 0.3 is 0 Å². The van der Waals surface area contributed by atoms with Crippen molar-refractivity contribution in [2.24, 2.45) is 0 Å². The number of rotatable bonds is 6. The highest BCUT2D eigenvalue weighted by Crippen LogP contribution is 2.45. The molecule has 0 atom stereocenters. The van der Waals surface area contributed by atoms with Crippen molar-refractivity contribution in [2.45, 2.75) is 0 Å². The summed E-state index contributed by atoms with van der Waals surface area (Å²) in [6, 6.07) is 73.3. The monoisotopic (exact) mass is 782 g/mol. The summed E-state index contributed by atoms with van der Waals surface area (Å²) in [4.78, 5) is 16.2. The molecular weight excluding hydrogens is 749 g/mol. The molecule has 0 N–H and O–H groups in total. The first-order chi connectivity index (χ1) is 29.7. The van der Waals surface area contributed by atoms with Gasteiger partial charge in [-0.1, -0.05) is 164 Å². The van der Waals surface area contributed by atoms with Crippen LogP contribution < -0.4 is 0 Å². The zero-order valence-electron chi connectivity index (χ0n) is 32.3. The molecule has 9 aromatic carbocycles. The van der Waals surface area contributed by atoms with Crippen molar-refractivity contribution in [3.8, 4) is 62.1 Å². The van der Waals surface area contributed by atoms with Gasteiger partial charge in [0.15, 0.2) is 17.5 Å². The maximum Gasteiger partial charge on any atom is 0.166 e. The molecule has 0 saturated carbocycles. The second-order valence-corrected chi connectivity index (χ2v) is 16.3. The molecule has 5 heteroatoms. The van der Waals surface area contributed by atoms with Gasteiger partial charge in [0.25, 0.3) is 0 Å². The first-order valence-corrected chi connectivity index (χ1v) is 21.0. The summed E-state index contributed by atoms with van der Waals surface area (Å²) in [6.07, 6.45) is 0. The van der Waals surface area contributed by atoms with Crippen molar-refractivity contribution in [2.75, 3.05) is 0 Å². The number of hydrogen-bond donors (Lipinski definition) is 0. The lowest BCUT2D eigenvalue weighted by Gasteiger charge is -2.16. The zero-order chi connectivity index (χ0) is 39.6. The average molecular weight is 783 g/mol. The molecule has 280 valence electrons. The molecule has 0 saturated heterocycles. The third kappa shape index (κ3) is 5.70. The van der Waals surface area contributed by atoms with Gasteiger partial charge in [-0.3, -0.25) is 0 Å². The topological polar surface area (TPSA) is 43.6 Å². The van der Waals surface area contributed by atoms with Crippen LogP contribution in [-0.4, -0.2) is 19.5 Å². The average Bonchev–Trinajstić information content (AvgIpc) is 3.86. The number of nitrogens with zero attached hydrogens (tertiary/aromatic N) is 4. The highest BCUT2D eigenvalue weighted by Gasteiger charge is 2.24. The van der Waals surface area contributed by atoms with Gasteiger partial charge in [0.1, 0.15) is 0 Å². The van der Waals surface area contributed by atoms with E-state index in [9.17, 15) is 0 Å². The van der Waals surface area contributed by atoms with Gasteiger partial charge in [0, 0.05) is 42.1 Å². The molecule has 0 aliphatic carbocycles. The van der Waals surface area contributed by atoms with E-state index in [4.69, 9.17) is 15.0 Å². The van der Waals surface area contributed by atoms with E-state index in [1.807, 2.05) is 12.1 Å². The van der Waals surface area contributed by atoms with Crippen molar-refractivity contribution >= 4 is 64.1 Å². The largest absolute Gasteiger partial charge is 0.308 e. The Morgan fingerprint density at radius 1 is 0.333 bits per heavy atom. The Morgan fingerprint density at radius 3 is 1.68 bits per heavy atom. The van der Waals surface area contributed by atoms with E-state index < -0.39 is 0 Å². The van der Waals surface area contributed by atoms with Crippen LogP contribution >= 0.6 is 11.3 Å². The molecule has 12 rings (SSSR count). The number of thiophene rings is 1. The highest BCUT2D eigenvalue weighted by atomic mass is 32.1. The molecule has 60 heavy (non-hydrogen) atoms. The fourth-order valence-corrected chi connectivity index (χ4v) is 9.90. The van der Waals surface area contributed by atoms with Crippen LogP contribution in [0.1, 0.15) is 0 Å². The van der Waals surface area contributed by atoms with Crippen molar-refractivity contribution in [1.82, 2.24) is 19.5 Å². The lowest BCUT2D eigenvalue weighted by atomic mass is 10.0. The Morgan fingerprint density at radius 2 is 0.900 bits per heavy atom. The molecule has 0 aliphatic heterocycles. The Kier molecular flexibility index (Phi) is 8.00. The third-order valence-corrected chi connectivity index (χ3v) is 12.8. The molecule has 0 unspecified atom stereocenters. The van der Waals surface area contributed by atoms with E-state index in [0.717, 1.165) is 55.5 Å². The SMILES string of the molecule is c1ccc(-c2ccc(-c3nc(-c4cccc(-c5ccccc5)c4)nc(-c4c(-n5c6ccccc6c6cc7ccccc7cc65)ccc5sc6ccccc6c45)n3)cc2)cc1. The zero-order valence-corrected chi connectivity index (χ0v) is 33.1. The standard InChI is InChI=1S/C55H34N4S/c1-3-14-35(15-4-1)37-26-28-38(29-27-37)53-56-54(42-21-13-20-39(32-42)36-16-5-2-6-17-36)58-55(57-53)52-47(30-31-50-51(52)44-23-10-12-25-49(44)60-50)59-46-24-11-9-22-43(46)45-33-40-18-7-8-19-41(40)34-48(45)59/h1-34H. The second kappa shape index (κ2) is 14.0. The normalized spacial score (nSPS) is 11.7. The Bertz CT molecular complexity index is 3590. The van der Waals surface area contributed by atoms with Crippen LogP contribution in [0.5, 0.6) is 0 Å². The minimum atomic E-state index is 0.621. The van der Waals surface area contributed by atoms with Crippen LogP contribution in [-0.2, 0) is 0 Å². The summed E-state index contributed by atoms with van der Waals surface area (Å²) in [5, 5.41) is 7.14. The van der Waals surface area contributed by atoms with Crippen LogP contribution in [0.4, 0.5) is 0 Å². The van der Waals surface area contributed by atoms with E-state index in [2.05, 4.69) is 199 Å². The van der Waals surface area contributed by atoms with Gasteiger partial charge in [-0.05, 0) is 75.5 Å². The van der Waals surface area contributed by atoms with Crippen molar-refractivity contribution < 1.29 is 0 Å². The van der Waals surface area contributed by atoms with Crippen LogP contribution in [0.2, 0.25) is 0 Å². The number of aromatic nitrogens is 4. The van der Waals surface area contributed by atoms with Crippen molar-refractivity contribution in [1.29, 1.82) is 0 Å². The Balaban J connectivity index is 1.17. The molecular formula is C55H34N4S. The summed E-state index contributed by atoms with van der Waals surface area (Å²) in [7, 11) is 0. The van der Waals surface area contributed by atoms with Gasteiger partial charge in [-0.25, -0.2) is 15.0 Å². The quantitative estimate of drug-likeness (QED) is 0.169. The van der Waals surface area contributed by atoms with Gasteiger partial charge in [-0.2, -0.15) is 0 Å². The number of fused-ring (bicyclic) bond motifs is 7. The fraction of sp³-hybridized carbons (Fsp3) is 0. The number of hydrogen-bond acceptors (Lipinski definition) is 4. The van der Waals surface area contributed by atoms with Crippen LogP contribution in [0, 0.1) is 0 Å². The van der Waals surface area contributed by atoms with Crippen molar-refractivity contribution in [3.05, 3.63) is 206 Å². The number of benzene rings is 9. The van der Waals surface area contributed by atoms with Gasteiger partial charge < -0.3 is 4.57 Å². The van der Waals surface area contributed by atoms with E-state index >= 15 is 0 Å². The summed E-state index contributed by atoms with van der Waals surface area (Å²) in [5.41, 5.74) is 10.7. The molecule has 0 spiro atoms. The molecule has 0 amide bonds. The smallest absolute Gasteiger partial charge is 0.166 e. The molecule has 0 radical (unpaired) electrons. The summed E-state index contributed by atoms with van der Waals surface area (Å²) < 4.78 is 4.83. The summed E-state index contributed by atoms with van der Waals surface area (Å²) >= 11 is 1.81. The molecule has 0 bridgehead atoms. The second-order valence-electron chi connectivity index (χ2n) is 15.2. The summed E-state index contributed by atoms with van der Waals surface area (Å²) in [6.45, 7) is 0. The predicted octanol–water partition coefficient (Wildman–Crippen LogP) is 14.8. The Hall–Kier alpha value is -7.73. The highest BCUT2D eigenvalue weighted by molar-refractivity contribution is 7.26. The summed E-state index contributed by atoms with van der Waals surface area (Å²) in [5.74, 6) is 1.87. The van der Waals surface area contributed by atoms with E-state index in [1.165, 1.54) is 41.9 Å². The lowest BCUT2D eigenvalue weighted by Crippen LogP contribution is -2.04. The molecule has 0 fully saturated rings.